The van der Waals surface area contributed by atoms with Crippen molar-refractivity contribution in [3.8, 4) is 11.5 Å². The molecule has 0 saturated heterocycles. The first-order chi connectivity index (χ1) is 10.7. The van der Waals surface area contributed by atoms with Crippen LogP contribution in [0.25, 0.3) is 11.5 Å². The lowest BCUT2D eigenvalue weighted by Crippen LogP contribution is -1.84. The molecule has 0 bridgehead atoms. The Morgan fingerprint density at radius 2 is 1.91 bits per heavy atom. The topological polar surface area (TPSA) is 38.9 Å². The van der Waals surface area contributed by atoms with Crippen LogP contribution in [-0.4, -0.2) is 10.2 Å². The van der Waals surface area contributed by atoms with Crippen molar-refractivity contribution in [3.63, 3.8) is 0 Å². The van der Waals surface area contributed by atoms with Gasteiger partial charge in [0, 0.05) is 10.2 Å². The predicted molar refractivity (Wildman–Crippen MR) is 93.6 cm³/mol. The normalized spacial score (nSPS) is 10.8. The summed E-state index contributed by atoms with van der Waals surface area (Å²) in [4.78, 5) is 0. The van der Waals surface area contributed by atoms with E-state index in [0.29, 0.717) is 17.5 Å². The van der Waals surface area contributed by atoms with E-state index in [9.17, 15) is 0 Å². The second kappa shape index (κ2) is 7.11. The molecule has 0 unspecified atom stereocenters. The molecule has 0 amide bonds. The van der Waals surface area contributed by atoms with Crippen LogP contribution in [0.15, 0.2) is 57.4 Å². The second-order valence-electron chi connectivity index (χ2n) is 4.96. The minimum atomic E-state index is 0.554. The van der Waals surface area contributed by atoms with Crippen molar-refractivity contribution in [3.05, 3.63) is 70.0 Å². The van der Waals surface area contributed by atoms with Crippen molar-refractivity contribution in [2.24, 2.45) is 0 Å². The van der Waals surface area contributed by atoms with E-state index in [-0.39, 0.29) is 0 Å². The molecule has 1 aromatic heterocycles. The number of rotatable bonds is 5. The summed E-state index contributed by atoms with van der Waals surface area (Å²) in [6.07, 6.45) is 0. The summed E-state index contributed by atoms with van der Waals surface area (Å²) in [5.74, 6) is 2.86. The van der Waals surface area contributed by atoms with Crippen molar-refractivity contribution in [1.82, 2.24) is 10.2 Å². The monoisotopic (exact) mass is 374 g/mol. The minimum absolute atomic E-state index is 0.554. The van der Waals surface area contributed by atoms with Crippen LogP contribution in [0.4, 0.5) is 0 Å². The van der Waals surface area contributed by atoms with E-state index in [1.54, 1.807) is 11.8 Å². The zero-order valence-corrected chi connectivity index (χ0v) is 14.5. The summed E-state index contributed by atoms with van der Waals surface area (Å²) in [6, 6.07) is 16.4. The molecular weight excluding hydrogens is 360 g/mol. The van der Waals surface area contributed by atoms with Gasteiger partial charge >= 0.3 is 0 Å². The Morgan fingerprint density at radius 1 is 1.05 bits per heavy atom. The highest BCUT2D eigenvalue weighted by molar-refractivity contribution is 9.10. The molecule has 0 aliphatic carbocycles. The molecule has 0 aliphatic heterocycles. The zero-order valence-electron chi connectivity index (χ0n) is 12.1. The lowest BCUT2D eigenvalue weighted by Gasteiger charge is -2.01. The summed E-state index contributed by atoms with van der Waals surface area (Å²) >= 11 is 5.27. The van der Waals surface area contributed by atoms with Gasteiger partial charge < -0.3 is 4.42 Å². The average Bonchev–Trinajstić information content (AvgIpc) is 2.96. The van der Waals surface area contributed by atoms with Gasteiger partial charge in [0.25, 0.3) is 0 Å². The highest BCUT2D eigenvalue weighted by Crippen LogP contribution is 2.27. The van der Waals surface area contributed by atoms with Crippen molar-refractivity contribution in [2.45, 2.75) is 18.4 Å². The van der Waals surface area contributed by atoms with Crippen LogP contribution in [0.3, 0.4) is 0 Å². The Balaban J connectivity index is 1.62. The number of thioether (sulfide) groups is 1. The summed E-state index contributed by atoms with van der Waals surface area (Å²) in [6.45, 7) is 2.11. The Morgan fingerprint density at radius 3 is 2.73 bits per heavy atom. The number of hydrogen-bond acceptors (Lipinski definition) is 4. The van der Waals surface area contributed by atoms with E-state index in [4.69, 9.17) is 4.42 Å². The molecule has 3 aromatic rings. The van der Waals surface area contributed by atoms with Crippen molar-refractivity contribution in [2.75, 3.05) is 0 Å². The molecule has 0 radical (unpaired) electrons. The van der Waals surface area contributed by atoms with Crippen molar-refractivity contribution >= 4 is 27.7 Å². The highest BCUT2D eigenvalue weighted by atomic mass is 79.9. The maximum Gasteiger partial charge on any atom is 0.248 e. The average molecular weight is 375 g/mol. The van der Waals surface area contributed by atoms with Crippen molar-refractivity contribution in [1.29, 1.82) is 0 Å². The molecule has 112 valence electrons. The first kappa shape index (κ1) is 15.3. The molecule has 5 heteroatoms. The van der Waals surface area contributed by atoms with Crippen LogP contribution >= 0.6 is 27.7 Å². The molecular formula is C17H15BrN2OS. The molecule has 0 fully saturated rings. The highest BCUT2D eigenvalue weighted by Gasteiger charge is 2.11. The Kier molecular flexibility index (Phi) is 4.95. The van der Waals surface area contributed by atoms with Gasteiger partial charge in [-0.15, -0.1) is 22.0 Å². The molecule has 0 aliphatic rings. The summed E-state index contributed by atoms with van der Waals surface area (Å²) < 4.78 is 6.70. The van der Waals surface area contributed by atoms with E-state index in [2.05, 4.69) is 57.3 Å². The molecule has 0 saturated carbocycles. The maximum absolute atomic E-state index is 5.74. The second-order valence-corrected chi connectivity index (χ2v) is 6.80. The van der Waals surface area contributed by atoms with Gasteiger partial charge in [0.05, 0.1) is 11.3 Å². The number of nitrogens with zero attached hydrogens (tertiary/aromatic N) is 2. The van der Waals surface area contributed by atoms with Gasteiger partial charge in [-0.2, -0.15) is 0 Å². The van der Waals surface area contributed by atoms with Gasteiger partial charge in [-0.3, -0.25) is 0 Å². The first-order valence-electron chi connectivity index (χ1n) is 6.93. The summed E-state index contributed by atoms with van der Waals surface area (Å²) in [5, 5.41) is 8.25. The van der Waals surface area contributed by atoms with Crippen LogP contribution in [0, 0.1) is 6.92 Å². The lowest BCUT2D eigenvalue weighted by atomic mass is 10.2. The zero-order chi connectivity index (χ0) is 15.4. The fourth-order valence-corrected chi connectivity index (χ4v) is 3.38. The van der Waals surface area contributed by atoms with Gasteiger partial charge in [-0.25, -0.2) is 0 Å². The van der Waals surface area contributed by atoms with Gasteiger partial charge in [0.2, 0.25) is 11.8 Å². The molecule has 0 spiro atoms. The predicted octanol–water partition coefficient (Wildman–Crippen LogP) is 5.24. The van der Waals surface area contributed by atoms with Gasteiger partial charge in [0.15, 0.2) is 0 Å². The fraction of sp³-hybridized carbons (Fsp3) is 0.176. The third-order valence-corrected chi connectivity index (χ3v) is 4.83. The number of benzene rings is 2. The smallest absolute Gasteiger partial charge is 0.248 e. The molecule has 22 heavy (non-hydrogen) atoms. The standard InChI is InChI=1S/C17H15BrN2OS/c1-12-5-4-6-13(9-12)10-22-11-16-19-20-17(21-16)14-7-2-3-8-15(14)18/h2-9H,10-11H2,1H3. The van der Waals surface area contributed by atoms with Crippen LogP contribution < -0.4 is 0 Å². The number of hydrogen-bond donors (Lipinski definition) is 0. The third-order valence-electron chi connectivity index (χ3n) is 3.15. The maximum atomic E-state index is 5.74. The van der Waals surface area contributed by atoms with E-state index < -0.39 is 0 Å². The van der Waals surface area contributed by atoms with Crippen LogP contribution in [0.2, 0.25) is 0 Å². The molecule has 1 heterocycles. The number of aromatic nitrogens is 2. The SMILES string of the molecule is Cc1cccc(CSCc2nnc(-c3ccccc3Br)o2)c1. The van der Waals surface area contributed by atoms with Gasteiger partial charge in [0.1, 0.15) is 0 Å². The molecule has 3 nitrogen and oxygen atoms in total. The van der Waals surface area contributed by atoms with Gasteiger partial charge in [-0.1, -0.05) is 42.0 Å². The first-order valence-corrected chi connectivity index (χ1v) is 8.88. The van der Waals surface area contributed by atoms with Crippen LogP contribution in [-0.2, 0) is 11.5 Å². The molecule has 0 N–H and O–H groups in total. The Bertz CT molecular complexity index is 773. The van der Waals surface area contributed by atoms with E-state index >= 15 is 0 Å². The van der Waals surface area contributed by atoms with E-state index in [0.717, 1.165) is 15.8 Å². The number of halogens is 1. The van der Waals surface area contributed by atoms with Gasteiger partial charge in [-0.05, 0) is 40.5 Å². The third kappa shape index (κ3) is 3.78. The molecule has 2 aromatic carbocycles. The summed E-state index contributed by atoms with van der Waals surface area (Å²) in [5.41, 5.74) is 3.52. The quantitative estimate of drug-likeness (QED) is 0.611. The fourth-order valence-electron chi connectivity index (χ4n) is 2.11. The van der Waals surface area contributed by atoms with E-state index in [1.165, 1.54) is 11.1 Å². The van der Waals surface area contributed by atoms with Crippen LogP contribution in [0.5, 0.6) is 0 Å². The molecule has 3 rings (SSSR count). The number of aryl methyl sites for hydroxylation is 1. The Hall–Kier alpha value is -1.59. The minimum Gasteiger partial charge on any atom is -0.420 e. The Labute approximate surface area is 142 Å². The lowest BCUT2D eigenvalue weighted by molar-refractivity contribution is 0.528. The van der Waals surface area contributed by atoms with E-state index in [1.807, 2.05) is 24.3 Å². The van der Waals surface area contributed by atoms with Crippen molar-refractivity contribution < 1.29 is 4.42 Å². The summed E-state index contributed by atoms with van der Waals surface area (Å²) in [7, 11) is 0. The largest absolute Gasteiger partial charge is 0.420 e. The molecule has 0 atom stereocenters. The van der Waals surface area contributed by atoms with Crippen LogP contribution in [0.1, 0.15) is 17.0 Å².